The zero-order valence-electron chi connectivity index (χ0n) is 17.0. The number of carbonyl (C=O) groups excluding carboxylic acids is 1. The van der Waals surface area contributed by atoms with Crippen LogP contribution in [-0.4, -0.2) is 26.7 Å². The number of benzene rings is 2. The molecule has 0 bridgehead atoms. The Morgan fingerprint density at radius 3 is 2.58 bits per heavy atom. The smallest absolute Gasteiger partial charge is 0.243 e. The van der Waals surface area contributed by atoms with Crippen molar-refractivity contribution in [2.24, 2.45) is 5.10 Å². The lowest BCUT2D eigenvalue weighted by molar-refractivity contribution is -0.133. The van der Waals surface area contributed by atoms with Crippen LogP contribution in [0.3, 0.4) is 0 Å². The average molecular weight is 426 g/mol. The monoisotopic (exact) mass is 426 g/mol. The van der Waals surface area contributed by atoms with Gasteiger partial charge in [-0.25, -0.2) is 23.2 Å². The second-order valence-electron chi connectivity index (χ2n) is 7.62. The number of imidazole rings is 1. The van der Waals surface area contributed by atoms with E-state index in [9.17, 15) is 18.0 Å². The fraction of sp³-hybridized carbons (Fsp3) is 0.261. The molecule has 4 rings (SSSR count). The van der Waals surface area contributed by atoms with Crippen LogP contribution >= 0.6 is 0 Å². The highest BCUT2D eigenvalue weighted by molar-refractivity contribution is 5.80. The minimum Gasteiger partial charge on any atom is -0.324 e. The standard InChI is InChI=1S/C23H21F3N4O/c1-14(13-29-15(2)28-20-5-4-17(24)12-22(20)29)3-6-23(31)30-21(7-8-27-30)16-9-18(25)11-19(26)10-16/h4-5,8-12,21H,1,3,6-7,13H2,2H3. The SMILES string of the molecule is C=C(CCC(=O)N1N=CCC1c1cc(F)cc(F)c1)Cn1c(C)nc2ccc(F)cc21. The summed E-state index contributed by atoms with van der Waals surface area (Å²) in [7, 11) is 0. The number of rotatable bonds is 6. The molecule has 0 spiro atoms. The molecule has 1 amide bonds. The van der Waals surface area contributed by atoms with Crippen LogP contribution in [0.25, 0.3) is 11.0 Å². The summed E-state index contributed by atoms with van der Waals surface area (Å²) in [5.74, 6) is -1.27. The van der Waals surface area contributed by atoms with Crippen molar-refractivity contribution in [3.63, 3.8) is 0 Å². The molecule has 1 unspecified atom stereocenters. The van der Waals surface area contributed by atoms with Gasteiger partial charge in [-0.3, -0.25) is 4.79 Å². The maximum absolute atomic E-state index is 13.6. The second-order valence-corrected chi connectivity index (χ2v) is 7.62. The second kappa shape index (κ2) is 8.37. The van der Waals surface area contributed by atoms with Gasteiger partial charge in [0.05, 0.1) is 17.1 Å². The van der Waals surface area contributed by atoms with E-state index in [0.717, 1.165) is 17.5 Å². The van der Waals surface area contributed by atoms with Crippen LogP contribution in [0.5, 0.6) is 0 Å². The Hall–Kier alpha value is -3.42. The average Bonchev–Trinajstić information content (AvgIpc) is 3.31. The molecule has 1 aliphatic rings. The van der Waals surface area contributed by atoms with Crippen molar-refractivity contribution in [2.45, 2.75) is 38.8 Å². The summed E-state index contributed by atoms with van der Waals surface area (Å²) in [6.07, 6.45) is 2.49. The van der Waals surface area contributed by atoms with Gasteiger partial charge in [-0.15, -0.1) is 0 Å². The van der Waals surface area contributed by atoms with E-state index in [4.69, 9.17) is 0 Å². The third kappa shape index (κ3) is 4.38. The maximum atomic E-state index is 13.6. The number of carbonyl (C=O) groups is 1. The number of hydrogen-bond donors (Lipinski definition) is 0. The normalized spacial score (nSPS) is 15.7. The Balaban J connectivity index is 1.41. The number of allylic oxidation sites excluding steroid dienone is 1. The van der Waals surface area contributed by atoms with Gasteiger partial charge in [-0.05, 0) is 49.2 Å². The Labute approximate surface area is 177 Å². The Bertz CT molecular complexity index is 1180. The first kappa shape index (κ1) is 20.8. The van der Waals surface area contributed by atoms with E-state index < -0.39 is 17.7 Å². The van der Waals surface area contributed by atoms with Crippen molar-refractivity contribution < 1.29 is 18.0 Å². The Kier molecular flexibility index (Phi) is 5.63. The van der Waals surface area contributed by atoms with Gasteiger partial charge in [0.2, 0.25) is 5.91 Å². The molecular weight excluding hydrogens is 405 g/mol. The molecule has 0 fully saturated rings. The van der Waals surface area contributed by atoms with E-state index in [-0.39, 0.29) is 18.1 Å². The first-order valence-corrected chi connectivity index (χ1v) is 9.91. The molecule has 5 nitrogen and oxygen atoms in total. The van der Waals surface area contributed by atoms with Crippen LogP contribution < -0.4 is 0 Å². The van der Waals surface area contributed by atoms with Crippen molar-refractivity contribution in [1.29, 1.82) is 0 Å². The fourth-order valence-corrected chi connectivity index (χ4v) is 3.82. The number of fused-ring (bicyclic) bond motifs is 1. The lowest BCUT2D eigenvalue weighted by atomic mass is 10.0. The van der Waals surface area contributed by atoms with Gasteiger partial charge in [0, 0.05) is 31.7 Å². The molecule has 2 aromatic carbocycles. The summed E-state index contributed by atoms with van der Waals surface area (Å²) >= 11 is 0. The third-order valence-electron chi connectivity index (χ3n) is 5.33. The molecule has 3 aromatic rings. The maximum Gasteiger partial charge on any atom is 0.243 e. The molecule has 1 aromatic heterocycles. The molecule has 0 radical (unpaired) electrons. The van der Waals surface area contributed by atoms with Crippen LogP contribution in [0, 0.1) is 24.4 Å². The summed E-state index contributed by atoms with van der Waals surface area (Å²) < 4.78 is 42.7. The molecule has 8 heteroatoms. The number of hydrazone groups is 1. The first-order chi connectivity index (χ1) is 14.8. The minimum absolute atomic E-state index is 0.143. The summed E-state index contributed by atoms with van der Waals surface area (Å²) in [5.41, 5.74) is 2.50. The largest absolute Gasteiger partial charge is 0.324 e. The fourth-order valence-electron chi connectivity index (χ4n) is 3.82. The van der Waals surface area contributed by atoms with E-state index in [0.29, 0.717) is 36.0 Å². The first-order valence-electron chi connectivity index (χ1n) is 9.91. The molecule has 0 saturated carbocycles. The summed E-state index contributed by atoms with van der Waals surface area (Å²) in [5, 5.41) is 5.37. The zero-order valence-corrected chi connectivity index (χ0v) is 17.0. The molecule has 0 saturated heterocycles. The number of aromatic nitrogens is 2. The molecule has 0 N–H and O–H groups in total. The predicted octanol–water partition coefficient (Wildman–Crippen LogP) is 5.06. The highest BCUT2D eigenvalue weighted by Crippen LogP contribution is 2.30. The summed E-state index contributed by atoms with van der Waals surface area (Å²) in [6.45, 7) is 6.28. The molecule has 160 valence electrons. The highest BCUT2D eigenvalue weighted by Gasteiger charge is 2.28. The minimum atomic E-state index is -0.693. The number of nitrogens with zero attached hydrogens (tertiary/aromatic N) is 4. The molecule has 31 heavy (non-hydrogen) atoms. The van der Waals surface area contributed by atoms with E-state index in [1.807, 2.05) is 11.5 Å². The number of aryl methyl sites for hydroxylation is 1. The molecule has 1 aliphatic heterocycles. The van der Waals surface area contributed by atoms with Crippen LogP contribution in [-0.2, 0) is 11.3 Å². The molecule has 1 atom stereocenters. The number of hydrogen-bond acceptors (Lipinski definition) is 3. The van der Waals surface area contributed by atoms with Crippen LogP contribution in [0.4, 0.5) is 13.2 Å². The van der Waals surface area contributed by atoms with Crippen molar-refractivity contribution in [3.05, 3.63) is 77.4 Å². The quantitative estimate of drug-likeness (QED) is 0.518. The predicted molar refractivity (Wildman–Crippen MR) is 112 cm³/mol. The van der Waals surface area contributed by atoms with Gasteiger partial charge in [-0.2, -0.15) is 5.10 Å². The van der Waals surface area contributed by atoms with E-state index in [2.05, 4.69) is 16.7 Å². The van der Waals surface area contributed by atoms with Crippen LogP contribution in [0.1, 0.15) is 36.7 Å². The Morgan fingerprint density at radius 2 is 1.84 bits per heavy atom. The lowest BCUT2D eigenvalue weighted by Gasteiger charge is -2.22. The van der Waals surface area contributed by atoms with Gasteiger partial charge in [0.15, 0.2) is 0 Å². The van der Waals surface area contributed by atoms with Gasteiger partial charge >= 0.3 is 0 Å². The van der Waals surface area contributed by atoms with Crippen molar-refractivity contribution >= 4 is 23.2 Å². The Morgan fingerprint density at radius 1 is 1.10 bits per heavy atom. The number of halogens is 3. The van der Waals surface area contributed by atoms with Gasteiger partial charge in [0.25, 0.3) is 0 Å². The van der Waals surface area contributed by atoms with Crippen molar-refractivity contribution in [2.75, 3.05) is 0 Å². The third-order valence-corrected chi connectivity index (χ3v) is 5.33. The lowest BCUT2D eigenvalue weighted by Crippen LogP contribution is -2.27. The highest BCUT2D eigenvalue weighted by atomic mass is 19.1. The van der Waals surface area contributed by atoms with Gasteiger partial charge in [-0.1, -0.05) is 12.2 Å². The van der Waals surface area contributed by atoms with Gasteiger partial charge < -0.3 is 4.57 Å². The van der Waals surface area contributed by atoms with Crippen LogP contribution in [0.15, 0.2) is 53.7 Å². The number of amides is 1. The summed E-state index contributed by atoms with van der Waals surface area (Å²) in [6, 6.07) is 7.11. The van der Waals surface area contributed by atoms with E-state index in [1.54, 1.807) is 12.3 Å². The van der Waals surface area contributed by atoms with Crippen molar-refractivity contribution in [1.82, 2.24) is 14.6 Å². The topological polar surface area (TPSA) is 50.5 Å². The molecule has 0 aliphatic carbocycles. The molecule has 2 heterocycles. The van der Waals surface area contributed by atoms with E-state index >= 15 is 0 Å². The molecular formula is C23H21F3N4O. The summed E-state index contributed by atoms with van der Waals surface area (Å²) in [4.78, 5) is 17.2. The van der Waals surface area contributed by atoms with Crippen LogP contribution in [0.2, 0.25) is 0 Å². The van der Waals surface area contributed by atoms with Gasteiger partial charge in [0.1, 0.15) is 23.3 Å². The zero-order chi connectivity index (χ0) is 22.1. The van der Waals surface area contributed by atoms with E-state index in [1.165, 1.54) is 29.3 Å². The van der Waals surface area contributed by atoms with Crippen molar-refractivity contribution in [3.8, 4) is 0 Å².